The quantitative estimate of drug-likeness (QED) is 0.710. The van der Waals surface area contributed by atoms with Crippen LogP contribution in [-0.2, 0) is 4.79 Å². The number of thiocarbonyl (C=S) groups is 1. The molecule has 88 valence electrons. The van der Waals surface area contributed by atoms with E-state index < -0.39 is 5.41 Å². The van der Waals surface area contributed by atoms with Crippen LogP contribution in [0.3, 0.4) is 0 Å². The Morgan fingerprint density at radius 2 is 1.73 bits per heavy atom. The van der Waals surface area contributed by atoms with Crippen LogP contribution in [0.2, 0.25) is 0 Å². The van der Waals surface area contributed by atoms with Crippen LogP contribution in [0.5, 0.6) is 0 Å². The van der Waals surface area contributed by atoms with Gasteiger partial charge in [-0.05, 0) is 33.6 Å². The van der Waals surface area contributed by atoms with Crippen molar-refractivity contribution in [2.75, 3.05) is 0 Å². The minimum atomic E-state index is -0.734. The van der Waals surface area contributed by atoms with Crippen LogP contribution in [0.25, 0.3) is 0 Å². The van der Waals surface area contributed by atoms with Crippen LogP contribution in [-0.4, -0.2) is 16.4 Å². The minimum Gasteiger partial charge on any atom is -0.392 e. The summed E-state index contributed by atoms with van der Waals surface area (Å²) in [6.07, 6.45) is 1.49. The molecule has 0 rings (SSSR count). The van der Waals surface area contributed by atoms with Crippen LogP contribution < -0.4 is 11.1 Å². The summed E-state index contributed by atoms with van der Waals surface area (Å²) in [4.78, 5) is 12.3. The molecule has 0 aromatic rings. The van der Waals surface area contributed by atoms with Gasteiger partial charge in [0.15, 0.2) is 0 Å². The van der Waals surface area contributed by atoms with E-state index in [-0.39, 0.29) is 16.4 Å². The first-order valence-corrected chi connectivity index (χ1v) is 5.73. The maximum Gasteiger partial charge on any atom is 0.233 e. The molecule has 0 aromatic carbocycles. The van der Waals surface area contributed by atoms with Crippen molar-refractivity contribution in [3.05, 3.63) is 0 Å². The monoisotopic (exact) mass is 230 g/mol. The lowest BCUT2D eigenvalue weighted by Gasteiger charge is -2.32. The summed E-state index contributed by atoms with van der Waals surface area (Å²) >= 11 is 4.95. The molecule has 3 nitrogen and oxygen atoms in total. The van der Waals surface area contributed by atoms with Crippen molar-refractivity contribution in [3.8, 4) is 0 Å². The number of nitrogens with two attached hydrogens (primary N) is 1. The van der Waals surface area contributed by atoms with Crippen molar-refractivity contribution in [3.63, 3.8) is 0 Å². The molecule has 0 aliphatic heterocycles. The molecule has 1 atom stereocenters. The first-order chi connectivity index (χ1) is 6.69. The van der Waals surface area contributed by atoms with Gasteiger partial charge in [0.05, 0.1) is 10.4 Å². The standard InChI is InChI=1S/C11H22N2OS/c1-6-10(3,4)13-9(14)11(5,7-2)8(12)15/h6-7H2,1-5H3,(H2,12,15)(H,13,14). The van der Waals surface area contributed by atoms with Crippen LogP contribution in [0.1, 0.15) is 47.5 Å². The number of hydrogen-bond donors (Lipinski definition) is 2. The van der Waals surface area contributed by atoms with Crippen molar-refractivity contribution in [1.82, 2.24) is 5.32 Å². The number of nitrogens with one attached hydrogen (secondary N) is 1. The topological polar surface area (TPSA) is 55.1 Å². The molecule has 0 aliphatic carbocycles. The minimum absolute atomic E-state index is 0.0793. The Morgan fingerprint density at radius 3 is 2.00 bits per heavy atom. The Labute approximate surface area is 97.8 Å². The molecular weight excluding hydrogens is 208 g/mol. The largest absolute Gasteiger partial charge is 0.392 e. The summed E-state index contributed by atoms with van der Waals surface area (Å²) in [5.41, 5.74) is 4.67. The van der Waals surface area contributed by atoms with E-state index in [9.17, 15) is 4.79 Å². The number of carbonyl (C=O) groups is 1. The third-order valence-corrected chi connectivity index (χ3v) is 3.54. The molecule has 1 unspecified atom stereocenters. The van der Waals surface area contributed by atoms with Crippen molar-refractivity contribution in [2.24, 2.45) is 11.1 Å². The lowest BCUT2D eigenvalue weighted by Crippen LogP contribution is -2.53. The first kappa shape index (κ1) is 14.4. The van der Waals surface area contributed by atoms with Gasteiger partial charge in [-0.2, -0.15) is 0 Å². The maximum atomic E-state index is 12.0. The van der Waals surface area contributed by atoms with Crippen LogP contribution in [0.15, 0.2) is 0 Å². The second kappa shape index (κ2) is 4.92. The Morgan fingerprint density at radius 1 is 1.27 bits per heavy atom. The van der Waals surface area contributed by atoms with E-state index in [0.717, 1.165) is 6.42 Å². The van der Waals surface area contributed by atoms with Gasteiger partial charge in [-0.25, -0.2) is 0 Å². The van der Waals surface area contributed by atoms with Crippen molar-refractivity contribution in [2.45, 2.75) is 53.0 Å². The fourth-order valence-electron chi connectivity index (χ4n) is 0.980. The van der Waals surface area contributed by atoms with Gasteiger partial charge in [-0.3, -0.25) is 4.79 Å². The molecule has 3 N–H and O–H groups in total. The molecule has 0 fully saturated rings. The van der Waals surface area contributed by atoms with Crippen LogP contribution in [0.4, 0.5) is 0 Å². The van der Waals surface area contributed by atoms with Gasteiger partial charge in [0.1, 0.15) is 0 Å². The predicted octanol–water partition coefficient (Wildman–Crippen LogP) is 1.99. The van der Waals surface area contributed by atoms with Gasteiger partial charge in [0.25, 0.3) is 0 Å². The summed E-state index contributed by atoms with van der Waals surface area (Å²) in [5, 5.41) is 2.97. The van der Waals surface area contributed by atoms with E-state index in [4.69, 9.17) is 18.0 Å². The molecule has 0 radical (unpaired) electrons. The first-order valence-electron chi connectivity index (χ1n) is 5.32. The molecule has 4 heteroatoms. The highest BCUT2D eigenvalue weighted by Gasteiger charge is 2.36. The SMILES string of the molecule is CCC(C)(C)NC(=O)C(C)(CC)C(N)=S. The summed E-state index contributed by atoms with van der Waals surface area (Å²) in [6.45, 7) is 9.71. The van der Waals surface area contributed by atoms with Crippen LogP contribution in [0, 0.1) is 5.41 Å². The second-order valence-electron chi connectivity index (χ2n) is 4.74. The van der Waals surface area contributed by atoms with E-state index in [1.165, 1.54) is 0 Å². The third kappa shape index (κ3) is 3.45. The Hall–Kier alpha value is -0.640. The van der Waals surface area contributed by atoms with E-state index >= 15 is 0 Å². The summed E-state index contributed by atoms with van der Waals surface area (Å²) in [6, 6.07) is 0. The summed E-state index contributed by atoms with van der Waals surface area (Å²) < 4.78 is 0. The molecule has 15 heavy (non-hydrogen) atoms. The second-order valence-corrected chi connectivity index (χ2v) is 5.18. The summed E-state index contributed by atoms with van der Waals surface area (Å²) in [7, 11) is 0. The highest BCUT2D eigenvalue weighted by atomic mass is 32.1. The zero-order valence-electron chi connectivity index (χ0n) is 10.3. The lowest BCUT2D eigenvalue weighted by atomic mass is 9.85. The number of rotatable bonds is 5. The van der Waals surface area contributed by atoms with E-state index in [1.54, 1.807) is 6.92 Å². The molecule has 0 aliphatic rings. The highest BCUT2D eigenvalue weighted by Crippen LogP contribution is 2.23. The maximum absolute atomic E-state index is 12.0. The normalized spacial score (nSPS) is 15.5. The molecule has 0 saturated carbocycles. The highest BCUT2D eigenvalue weighted by molar-refractivity contribution is 7.80. The van der Waals surface area contributed by atoms with Crippen molar-refractivity contribution in [1.29, 1.82) is 0 Å². The van der Waals surface area contributed by atoms with Crippen molar-refractivity contribution < 1.29 is 4.79 Å². The molecular formula is C11H22N2OS. The van der Waals surface area contributed by atoms with Crippen molar-refractivity contribution >= 4 is 23.1 Å². The number of hydrogen-bond acceptors (Lipinski definition) is 2. The van der Waals surface area contributed by atoms with E-state index in [0.29, 0.717) is 6.42 Å². The molecule has 0 saturated heterocycles. The van der Waals surface area contributed by atoms with Gasteiger partial charge in [-0.1, -0.05) is 26.1 Å². The zero-order valence-corrected chi connectivity index (χ0v) is 11.1. The molecule has 0 heterocycles. The molecule has 0 bridgehead atoms. The average Bonchev–Trinajstić information content (AvgIpc) is 2.15. The Balaban J connectivity index is 4.77. The summed E-state index contributed by atoms with van der Waals surface area (Å²) in [5.74, 6) is -0.0793. The number of amides is 1. The molecule has 0 aromatic heterocycles. The van der Waals surface area contributed by atoms with Gasteiger partial charge >= 0.3 is 0 Å². The lowest BCUT2D eigenvalue weighted by molar-refractivity contribution is -0.128. The number of carbonyl (C=O) groups excluding carboxylic acids is 1. The van der Waals surface area contributed by atoms with Gasteiger partial charge < -0.3 is 11.1 Å². The van der Waals surface area contributed by atoms with Crippen LogP contribution >= 0.6 is 12.2 Å². The Kier molecular flexibility index (Phi) is 4.71. The molecule has 1 amide bonds. The smallest absolute Gasteiger partial charge is 0.233 e. The average molecular weight is 230 g/mol. The van der Waals surface area contributed by atoms with Gasteiger partial charge in [-0.15, -0.1) is 0 Å². The van der Waals surface area contributed by atoms with Gasteiger partial charge in [0, 0.05) is 5.54 Å². The van der Waals surface area contributed by atoms with E-state index in [1.807, 2.05) is 27.7 Å². The fourth-order valence-corrected chi connectivity index (χ4v) is 1.22. The third-order valence-electron chi connectivity index (χ3n) is 3.09. The Bertz CT molecular complexity index is 263. The van der Waals surface area contributed by atoms with E-state index in [2.05, 4.69) is 5.32 Å². The van der Waals surface area contributed by atoms with Gasteiger partial charge in [0.2, 0.25) is 5.91 Å². The zero-order chi connectivity index (χ0) is 12.3. The molecule has 0 spiro atoms. The predicted molar refractivity (Wildman–Crippen MR) is 67.7 cm³/mol. The fraction of sp³-hybridized carbons (Fsp3) is 0.818.